The van der Waals surface area contributed by atoms with Crippen LogP contribution in [0.4, 0.5) is 5.82 Å². The van der Waals surface area contributed by atoms with Crippen molar-refractivity contribution in [3.63, 3.8) is 0 Å². The molecule has 0 aliphatic rings. The Bertz CT molecular complexity index is 985. The Morgan fingerprint density at radius 3 is 2.33 bits per heavy atom. The van der Waals surface area contributed by atoms with Gasteiger partial charge in [0.05, 0.1) is 4.90 Å². The van der Waals surface area contributed by atoms with E-state index in [2.05, 4.69) is 41.1 Å². The van der Waals surface area contributed by atoms with Gasteiger partial charge in [0.2, 0.25) is 14.9 Å². The SMILES string of the molecule is CC(C)(C)c1ccc(S(=O)(=O)c2nc3[nH]ccc3nc2NN)cc1. The molecule has 0 fully saturated rings. The van der Waals surface area contributed by atoms with Crippen LogP contribution in [0.3, 0.4) is 0 Å². The molecule has 24 heavy (non-hydrogen) atoms. The smallest absolute Gasteiger partial charge is 0.227 e. The lowest BCUT2D eigenvalue weighted by molar-refractivity contribution is 0.585. The van der Waals surface area contributed by atoms with E-state index in [9.17, 15) is 8.42 Å². The number of H-pyrrole nitrogens is 1. The fourth-order valence-corrected chi connectivity index (χ4v) is 3.67. The number of sulfone groups is 1. The summed E-state index contributed by atoms with van der Waals surface area (Å²) >= 11 is 0. The number of aromatic nitrogens is 3. The number of benzene rings is 1. The van der Waals surface area contributed by atoms with Crippen molar-refractivity contribution >= 4 is 26.8 Å². The summed E-state index contributed by atoms with van der Waals surface area (Å²) in [6.07, 6.45) is 1.64. The highest BCUT2D eigenvalue weighted by Crippen LogP contribution is 2.28. The van der Waals surface area contributed by atoms with Crippen molar-refractivity contribution in [3.05, 3.63) is 42.1 Å². The highest BCUT2D eigenvalue weighted by Gasteiger charge is 2.26. The van der Waals surface area contributed by atoms with Crippen LogP contribution < -0.4 is 11.3 Å². The summed E-state index contributed by atoms with van der Waals surface area (Å²) < 4.78 is 25.9. The Morgan fingerprint density at radius 1 is 1.08 bits per heavy atom. The summed E-state index contributed by atoms with van der Waals surface area (Å²) in [6.45, 7) is 6.20. The van der Waals surface area contributed by atoms with Gasteiger partial charge >= 0.3 is 0 Å². The van der Waals surface area contributed by atoms with E-state index in [-0.39, 0.29) is 21.2 Å². The molecule has 2 heterocycles. The number of nitrogens with two attached hydrogens (primary N) is 1. The molecule has 0 amide bonds. The molecular formula is C16H19N5O2S. The van der Waals surface area contributed by atoms with Crippen molar-refractivity contribution in [2.75, 3.05) is 5.43 Å². The summed E-state index contributed by atoms with van der Waals surface area (Å²) in [5.74, 6) is 5.45. The first-order valence-electron chi connectivity index (χ1n) is 7.41. The van der Waals surface area contributed by atoms with Gasteiger partial charge in [-0.1, -0.05) is 32.9 Å². The normalized spacial score (nSPS) is 12.5. The standard InChI is InChI=1S/C16H19N5O2S/c1-16(2,3)10-4-6-11(7-5-10)24(22,23)15-14(21-17)19-12-8-9-18-13(12)20-15/h4-9H,17H2,1-3H3,(H,18,20)(H,19,21). The van der Waals surface area contributed by atoms with Crippen molar-refractivity contribution in [2.45, 2.75) is 36.1 Å². The minimum atomic E-state index is -3.85. The van der Waals surface area contributed by atoms with E-state index < -0.39 is 9.84 Å². The second-order valence-corrected chi connectivity index (χ2v) is 8.38. The first kappa shape index (κ1) is 16.4. The van der Waals surface area contributed by atoms with Crippen LogP contribution in [0.5, 0.6) is 0 Å². The van der Waals surface area contributed by atoms with Crippen LogP contribution in [-0.2, 0) is 15.3 Å². The maximum Gasteiger partial charge on any atom is 0.227 e. The number of hydrogen-bond donors (Lipinski definition) is 3. The van der Waals surface area contributed by atoms with Gasteiger partial charge < -0.3 is 10.4 Å². The molecule has 0 atom stereocenters. The molecule has 7 nitrogen and oxygen atoms in total. The molecule has 2 aromatic heterocycles. The van der Waals surface area contributed by atoms with Gasteiger partial charge in [0.1, 0.15) is 5.52 Å². The maximum absolute atomic E-state index is 12.9. The van der Waals surface area contributed by atoms with E-state index in [0.29, 0.717) is 11.2 Å². The van der Waals surface area contributed by atoms with Crippen LogP contribution in [0.15, 0.2) is 46.5 Å². The first-order valence-corrected chi connectivity index (χ1v) is 8.89. The number of hydrogen-bond acceptors (Lipinski definition) is 6. The zero-order chi connectivity index (χ0) is 17.5. The lowest BCUT2D eigenvalue weighted by Gasteiger charge is -2.19. The van der Waals surface area contributed by atoms with Crippen LogP contribution in [0.25, 0.3) is 11.2 Å². The zero-order valence-electron chi connectivity index (χ0n) is 13.7. The highest BCUT2D eigenvalue weighted by molar-refractivity contribution is 7.91. The average molecular weight is 345 g/mol. The van der Waals surface area contributed by atoms with Gasteiger partial charge in [0.15, 0.2) is 11.5 Å². The Balaban J connectivity index is 2.13. The summed E-state index contributed by atoms with van der Waals surface area (Å²) in [7, 11) is -3.85. The lowest BCUT2D eigenvalue weighted by atomic mass is 9.87. The third-order valence-corrected chi connectivity index (χ3v) is 5.46. The number of nitrogens with zero attached hydrogens (tertiary/aromatic N) is 2. The summed E-state index contributed by atoms with van der Waals surface area (Å²) in [6, 6.07) is 8.47. The third-order valence-electron chi connectivity index (χ3n) is 3.77. The van der Waals surface area contributed by atoms with Gasteiger partial charge in [-0.3, -0.25) is 0 Å². The number of rotatable bonds is 3. The fraction of sp³-hybridized carbons (Fsp3) is 0.250. The van der Waals surface area contributed by atoms with Gasteiger partial charge in [-0.05, 0) is 29.2 Å². The van der Waals surface area contributed by atoms with Crippen molar-refractivity contribution in [1.82, 2.24) is 15.0 Å². The third kappa shape index (κ3) is 2.74. The van der Waals surface area contributed by atoms with Crippen molar-refractivity contribution < 1.29 is 8.42 Å². The van der Waals surface area contributed by atoms with E-state index >= 15 is 0 Å². The number of hydrazine groups is 1. The van der Waals surface area contributed by atoms with Crippen LogP contribution in [0, 0.1) is 0 Å². The average Bonchev–Trinajstić information content (AvgIpc) is 3.00. The Labute approximate surface area is 140 Å². The molecular weight excluding hydrogens is 326 g/mol. The summed E-state index contributed by atoms with van der Waals surface area (Å²) in [5.41, 5.74) is 4.23. The predicted octanol–water partition coefficient (Wildman–Crippen LogP) is 2.37. The van der Waals surface area contributed by atoms with Gasteiger partial charge in [-0.2, -0.15) is 0 Å². The maximum atomic E-state index is 12.9. The molecule has 126 valence electrons. The fourth-order valence-electron chi connectivity index (χ4n) is 2.38. The van der Waals surface area contributed by atoms with Gasteiger partial charge in [-0.25, -0.2) is 24.2 Å². The minimum absolute atomic E-state index is 0.0157. The number of anilines is 1. The quantitative estimate of drug-likeness (QED) is 0.496. The number of aromatic amines is 1. The molecule has 8 heteroatoms. The van der Waals surface area contributed by atoms with Crippen LogP contribution in [-0.4, -0.2) is 23.4 Å². The molecule has 0 saturated carbocycles. The molecule has 0 aliphatic heterocycles. The minimum Gasteiger partial charge on any atom is -0.345 e. The second kappa shape index (κ2) is 5.57. The zero-order valence-corrected chi connectivity index (χ0v) is 14.5. The molecule has 4 N–H and O–H groups in total. The number of nitrogen functional groups attached to an aromatic ring is 1. The Hall–Kier alpha value is -2.45. The Morgan fingerprint density at radius 2 is 1.75 bits per heavy atom. The largest absolute Gasteiger partial charge is 0.345 e. The molecule has 0 bridgehead atoms. The summed E-state index contributed by atoms with van der Waals surface area (Å²) in [5, 5.41) is -0.205. The van der Waals surface area contributed by atoms with E-state index in [0.717, 1.165) is 5.56 Å². The highest BCUT2D eigenvalue weighted by atomic mass is 32.2. The molecule has 0 unspecified atom stereocenters. The van der Waals surface area contributed by atoms with Gasteiger partial charge in [0, 0.05) is 6.20 Å². The number of nitrogens with one attached hydrogen (secondary N) is 2. The van der Waals surface area contributed by atoms with Crippen LogP contribution in [0.1, 0.15) is 26.3 Å². The molecule has 1 aromatic carbocycles. The van der Waals surface area contributed by atoms with Gasteiger partial charge in [0.25, 0.3) is 0 Å². The van der Waals surface area contributed by atoms with E-state index in [1.807, 2.05) is 12.1 Å². The van der Waals surface area contributed by atoms with Gasteiger partial charge in [-0.15, -0.1) is 0 Å². The molecule has 3 aromatic rings. The summed E-state index contributed by atoms with van der Waals surface area (Å²) in [4.78, 5) is 11.4. The number of fused-ring (bicyclic) bond motifs is 1. The van der Waals surface area contributed by atoms with E-state index in [4.69, 9.17) is 5.84 Å². The first-order chi connectivity index (χ1) is 11.2. The van der Waals surface area contributed by atoms with Crippen molar-refractivity contribution in [3.8, 4) is 0 Å². The molecule has 3 rings (SSSR count). The predicted molar refractivity (Wildman–Crippen MR) is 92.3 cm³/mol. The molecule has 0 aliphatic carbocycles. The topological polar surface area (TPSA) is 114 Å². The van der Waals surface area contributed by atoms with E-state index in [1.54, 1.807) is 24.4 Å². The van der Waals surface area contributed by atoms with E-state index in [1.165, 1.54) is 0 Å². The molecule has 0 saturated heterocycles. The lowest BCUT2D eigenvalue weighted by Crippen LogP contribution is -2.16. The second-order valence-electron chi connectivity index (χ2n) is 6.51. The molecule has 0 spiro atoms. The molecule has 0 radical (unpaired) electrons. The monoisotopic (exact) mass is 345 g/mol. The Kier molecular flexibility index (Phi) is 3.81. The van der Waals surface area contributed by atoms with Crippen molar-refractivity contribution in [2.24, 2.45) is 5.84 Å². The van der Waals surface area contributed by atoms with Crippen LogP contribution in [0.2, 0.25) is 0 Å². The van der Waals surface area contributed by atoms with Crippen molar-refractivity contribution in [1.29, 1.82) is 0 Å². The van der Waals surface area contributed by atoms with Crippen LogP contribution >= 0.6 is 0 Å².